The Morgan fingerprint density at radius 3 is 2.54 bits per heavy atom. The van der Waals surface area contributed by atoms with Crippen LogP contribution < -0.4 is 5.32 Å². The Hall–Kier alpha value is -1.87. The molecule has 0 spiro atoms. The number of imide groups is 1. The molecule has 4 heterocycles. The summed E-state index contributed by atoms with van der Waals surface area (Å²) in [7, 11) is 1.70. The number of hydrogen-bond donors (Lipinski definition) is 1. The first kappa shape index (κ1) is 17.5. The van der Waals surface area contributed by atoms with E-state index < -0.39 is 12.2 Å². The summed E-state index contributed by atoms with van der Waals surface area (Å²) in [5.74, 6) is 0.584. The van der Waals surface area contributed by atoms with Crippen molar-refractivity contribution in [3.05, 3.63) is 0 Å². The van der Waals surface area contributed by atoms with Crippen molar-refractivity contribution in [2.45, 2.75) is 31.5 Å². The minimum atomic E-state index is -0.449. The van der Waals surface area contributed by atoms with Crippen LogP contribution in [-0.4, -0.2) is 109 Å². The predicted octanol–water partition coefficient (Wildman–Crippen LogP) is -0.648. The Labute approximate surface area is 153 Å². The van der Waals surface area contributed by atoms with Gasteiger partial charge in [-0.2, -0.15) is 0 Å². The lowest BCUT2D eigenvalue weighted by Gasteiger charge is -2.39. The van der Waals surface area contributed by atoms with E-state index in [0.717, 1.165) is 45.2 Å². The quantitative estimate of drug-likeness (QED) is 0.717. The highest BCUT2D eigenvalue weighted by Crippen LogP contribution is 2.26. The van der Waals surface area contributed by atoms with E-state index in [2.05, 4.69) is 20.0 Å². The van der Waals surface area contributed by atoms with Gasteiger partial charge in [-0.05, 0) is 25.9 Å². The molecule has 0 aromatic carbocycles. The van der Waals surface area contributed by atoms with Crippen LogP contribution in [-0.2, 0) is 9.53 Å². The number of likely N-dealkylation sites (tertiary alicyclic amines) is 1. The first-order valence-corrected chi connectivity index (χ1v) is 9.62. The van der Waals surface area contributed by atoms with Crippen LogP contribution in [0.5, 0.6) is 0 Å². The Morgan fingerprint density at radius 1 is 1.08 bits per heavy atom. The third kappa shape index (κ3) is 3.25. The number of aliphatic imine (C=N–C) groups is 1. The van der Waals surface area contributed by atoms with Crippen molar-refractivity contribution in [1.29, 1.82) is 0 Å². The van der Waals surface area contributed by atoms with Gasteiger partial charge in [0, 0.05) is 33.2 Å². The average Bonchev–Trinajstić information content (AvgIpc) is 3.06. The topological polar surface area (TPSA) is 80.7 Å². The van der Waals surface area contributed by atoms with Gasteiger partial charge < -0.3 is 24.3 Å². The molecule has 4 aliphatic rings. The summed E-state index contributed by atoms with van der Waals surface area (Å²) in [6, 6.07) is -0.820. The van der Waals surface area contributed by atoms with Crippen molar-refractivity contribution in [3.8, 4) is 0 Å². The van der Waals surface area contributed by atoms with Crippen LogP contribution in [0.15, 0.2) is 4.99 Å². The van der Waals surface area contributed by atoms with E-state index >= 15 is 0 Å². The Kier molecular flexibility index (Phi) is 4.99. The monoisotopic (exact) mass is 364 g/mol. The normalized spacial score (nSPS) is 30.3. The van der Waals surface area contributed by atoms with Crippen molar-refractivity contribution < 1.29 is 14.3 Å². The molecule has 2 unspecified atom stereocenters. The number of hydrogen-bond acceptors (Lipinski definition) is 7. The lowest BCUT2D eigenvalue weighted by Crippen LogP contribution is -2.65. The molecule has 9 heteroatoms. The Bertz CT molecular complexity index is 585. The molecular weight excluding hydrogens is 336 g/mol. The fourth-order valence-electron chi connectivity index (χ4n) is 4.21. The van der Waals surface area contributed by atoms with Gasteiger partial charge in [-0.1, -0.05) is 6.42 Å². The van der Waals surface area contributed by atoms with Crippen LogP contribution >= 0.6 is 0 Å². The van der Waals surface area contributed by atoms with E-state index in [9.17, 15) is 9.59 Å². The molecule has 9 nitrogen and oxygen atoms in total. The van der Waals surface area contributed by atoms with Crippen molar-refractivity contribution in [2.75, 3.05) is 59.5 Å². The second kappa shape index (κ2) is 7.40. The van der Waals surface area contributed by atoms with Crippen LogP contribution in [0.4, 0.5) is 4.79 Å². The molecular formula is C17H28N6O3. The smallest absolute Gasteiger partial charge is 0.325 e. The molecule has 26 heavy (non-hydrogen) atoms. The maximum Gasteiger partial charge on any atom is 0.325 e. The van der Waals surface area contributed by atoms with E-state index in [1.807, 2.05) is 0 Å². The number of urea groups is 1. The molecule has 0 aliphatic carbocycles. The maximum atomic E-state index is 12.6. The largest absolute Gasteiger partial charge is 0.378 e. The molecule has 3 saturated heterocycles. The minimum absolute atomic E-state index is 0.247. The summed E-state index contributed by atoms with van der Waals surface area (Å²) in [5, 5.41) is 2.47. The molecule has 3 amide bonds. The zero-order valence-electron chi connectivity index (χ0n) is 15.4. The van der Waals surface area contributed by atoms with Gasteiger partial charge in [-0.15, -0.1) is 0 Å². The summed E-state index contributed by atoms with van der Waals surface area (Å²) in [5.41, 5.74) is 0. The van der Waals surface area contributed by atoms with Crippen LogP contribution in [0.3, 0.4) is 0 Å². The van der Waals surface area contributed by atoms with Gasteiger partial charge in [0.2, 0.25) is 0 Å². The first-order valence-electron chi connectivity index (χ1n) is 9.62. The van der Waals surface area contributed by atoms with Gasteiger partial charge >= 0.3 is 6.03 Å². The summed E-state index contributed by atoms with van der Waals surface area (Å²) < 4.78 is 5.46. The van der Waals surface area contributed by atoms with Crippen LogP contribution in [0.25, 0.3) is 0 Å². The number of likely N-dealkylation sites (N-methyl/N-ethyl adjacent to an activating group) is 1. The third-order valence-electron chi connectivity index (χ3n) is 5.74. The molecule has 144 valence electrons. The van der Waals surface area contributed by atoms with E-state index in [0.29, 0.717) is 13.2 Å². The fourth-order valence-corrected chi connectivity index (χ4v) is 4.21. The predicted molar refractivity (Wildman–Crippen MR) is 95.7 cm³/mol. The summed E-state index contributed by atoms with van der Waals surface area (Å²) in [6.45, 7) is 6.75. The zero-order valence-corrected chi connectivity index (χ0v) is 15.4. The summed E-state index contributed by atoms with van der Waals surface area (Å²) >= 11 is 0. The van der Waals surface area contributed by atoms with E-state index in [-0.39, 0.29) is 11.9 Å². The highest BCUT2D eigenvalue weighted by Gasteiger charge is 2.49. The van der Waals surface area contributed by atoms with E-state index in [4.69, 9.17) is 9.73 Å². The number of morpholine rings is 1. The number of amides is 3. The van der Waals surface area contributed by atoms with Gasteiger partial charge in [-0.25, -0.2) is 9.79 Å². The molecule has 0 saturated carbocycles. The maximum absolute atomic E-state index is 12.6. The molecule has 0 aromatic rings. The fraction of sp³-hybridized carbons (Fsp3) is 0.824. The molecule has 3 fully saturated rings. The molecule has 2 atom stereocenters. The average molecular weight is 364 g/mol. The van der Waals surface area contributed by atoms with Gasteiger partial charge in [0.15, 0.2) is 18.2 Å². The Balaban J connectivity index is 1.53. The molecule has 0 radical (unpaired) electrons. The number of guanidine groups is 1. The highest BCUT2D eigenvalue weighted by atomic mass is 16.5. The van der Waals surface area contributed by atoms with Crippen molar-refractivity contribution in [2.24, 2.45) is 4.99 Å². The van der Waals surface area contributed by atoms with Crippen LogP contribution in [0.2, 0.25) is 0 Å². The van der Waals surface area contributed by atoms with Gasteiger partial charge in [0.05, 0.1) is 13.2 Å². The Morgan fingerprint density at radius 2 is 1.81 bits per heavy atom. The van der Waals surface area contributed by atoms with Crippen LogP contribution in [0, 0.1) is 0 Å². The third-order valence-corrected chi connectivity index (χ3v) is 5.74. The molecule has 0 bridgehead atoms. The number of carbonyl (C=O) groups excluding carboxylic acids is 2. The summed E-state index contributed by atoms with van der Waals surface area (Å²) in [6.07, 6.45) is 3.35. The zero-order chi connectivity index (χ0) is 18.1. The minimum Gasteiger partial charge on any atom is -0.378 e. The van der Waals surface area contributed by atoms with Crippen molar-refractivity contribution in [3.63, 3.8) is 0 Å². The lowest BCUT2D eigenvalue weighted by molar-refractivity contribution is -0.127. The van der Waals surface area contributed by atoms with E-state index in [1.165, 1.54) is 24.2 Å². The molecule has 4 aliphatic heterocycles. The number of rotatable bonds is 3. The second-order valence-corrected chi connectivity index (χ2v) is 7.39. The van der Waals surface area contributed by atoms with Crippen LogP contribution in [0.1, 0.15) is 19.3 Å². The number of ether oxygens (including phenoxy) is 1. The van der Waals surface area contributed by atoms with Crippen molar-refractivity contribution in [1.82, 2.24) is 24.9 Å². The van der Waals surface area contributed by atoms with E-state index in [1.54, 1.807) is 7.05 Å². The number of piperidine rings is 1. The number of nitrogens with zero attached hydrogens (tertiary/aromatic N) is 5. The molecule has 1 N–H and O–H groups in total. The van der Waals surface area contributed by atoms with Gasteiger partial charge in [0.25, 0.3) is 5.91 Å². The lowest BCUT2D eigenvalue weighted by atomic mass is 10.1. The van der Waals surface area contributed by atoms with Gasteiger partial charge in [-0.3, -0.25) is 10.1 Å². The number of carbonyl (C=O) groups is 2. The molecule has 0 aromatic heterocycles. The highest BCUT2D eigenvalue weighted by molar-refractivity contribution is 6.03. The number of nitrogens with one attached hydrogen (secondary N) is 1. The van der Waals surface area contributed by atoms with Crippen molar-refractivity contribution >= 4 is 17.9 Å². The molecule has 4 rings (SSSR count). The van der Waals surface area contributed by atoms with Gasteiger partial charge in [0.1, 0.15) is 0 Å². The first-order chi connectivity index (χ1) is 12.6. The summed E-state index contributed by atoms with van der Waals surface area (Å²) in [4.78, 5) is 37.7. The SMILES string of the molecule is CN1C(=O)NC(=O)C2C1N=C(N1CCOCC1)N2CCN1CCCCC1. The standard InChI is InChI=1S/C17H28N6O3/c1-20-14-13(15(24)19-17(20)25)23(8-7-21-5-3-2-4-6-21)16(18-14)22-9-11-26-12-10-22/h13-14H,2-12H2,1H3,(H,19,24,25). The number of fused-ring (bicyclic) bond motifs is 1. The second-order valence-electron chi connectivity index (χ2n) is 7.39.